The highest BCUT2D eigenvalue weighted by Gasteiger charge is 2.30. The second-order valence-electron chi connectivity index (χ2n) is 6.48. The Hall–Kier alpha value is -3.61. The summed E-state index contributed by atoms with van der Waals surface area (Å²) in [6.07, 6.45) is -2.81. The zero-order chi connectivity index (χ0) is 20.4. The van der Waals surface area contributed by atoms with Gasteiger partial charge in [-0.25, -0.2) is 9.97 Å². The van der Waals surface area contributed by atoms with Gasteiger partial charge < -0.3 is 10.5 Å². The fourth-order valence-electron chi connectivity index (χ4n) is 2.99. The molecule has 0 amide bonds. The van der Waals surface area contributed by atoms with Gasteiger partial charge >= 0.3 is 6.18 Å². The molecular formula is C22H16F3N3O. The van der Waals surface area contributed by atoms with E-state index in [1.54, 1.807) is 18.3 Å². The van der Waals surface area contributed by atoms with Crippen LogP contribution in [0.2, 0.25) is 0 Å². The summed E-state index contributed by atoms with van der Waals surface area (Å²) in [6, 6.07) is 18.1. The van der Waals surface area contributed by atoms with Gasteiger partial charge in [0, 0.05) is 23.2 Å². The van der Waals surface area contributed by atoms with Gasteiger partial charge in [-0.1, -0.05) is 42.5 Å². The fraction of sp³-hybridized carbons (Fsp3) is 0.0909. The van der Waals surface area contributed by atoms with Crippen LogP contribution in [-0.4, -0.2) is 9.97 Å². The lowest BCUT2D eigenvalue weighted by Crippen LogP contribution is -2.04. The molecule has 0 aliphatic rings. The number of hydrogen-bond donors (Lipinski definition) is 1. The Morgan fingerprint density at radius 3 is 2.34 bits per heavy atom. The van der Waals surface area contributed by atoms with Crippen molar-refractivity contribution >= 4 is 16.9 Å². The Morgan fingerprint density at radius 1 is 0.931 bits per heavy atom. The van der Waals surface area contributed by atoms with Gasteiger partial charge in [-0.05, 0) is 29.3 Å². The van der Waals surface area contributed by atoms with Crippen molar-refractivity contribution in [3.8, 4) is 16.9 Å². The maximum absolute atomic E-state index is 12.9. The van der Waals surface area contributed by atoms with E-state index in [1.165, 1.54) is 12.1 Å². The Labute approximate surface area is 164 Å². The van der Waals surface area contributed by atoms with Crippen LogP contribution in [0.5, 0.6) is 5.75 Å². The number of nitrogens with zero attached hydrogens (tertiary/aromatic N) is 2. The normalized spacial score (nSPS) is 11.6. The molecule has 29 heavy (non-hydrogen) atoms. The van der Waals surface area contributed by atoms with Crippen molar-refractivity contribution in [1.29, 1.82) is 0 Å². The van der Waals surface area contributed by atoms with Crippen molar-refractivity contribution in [1.82, 2.24) is 9.97 Å². The van der Waals surface area contributed by atoms with Gasteiger partial charge in [0.15, 0.2) is 0 Å². The molecule has 146 valence electrons. The third-order valence-corrected chi connectivity index (χ3v) is 4.46. The molecule has 0 unspecified atom stereocenters. The van der Waals surface area contributed by atoms with Gasteiger partial charge in [-0.15, -0.1) is 0 Å². The smallest absolute Gasteiger partial charge is 0.416 e. The molecule has 0 radical (unpaired) electrons. The summed E-state index contributed by atoms with van der Waals surface area (Å²) in [5.41, 5.74) is 7.78. The third kappa shape index (κ3) is 4.13. The van der Waals surface area contributed by atoms with Crippen LogP contribution in [0.25, 0.3) is 22.0 Å². The Bertz CT molecular complexity index is 1140. The predicted molar refractivity (Wildman–Crippen MR) is 105 cm³/mol. The van der Waals surface area contributed by atoms with E-state index in [1.807, 2.05) is 30.3 Å². The van der Waals surface area contributed by atoms with E-state index in [0.29, 0.717) is 34.4 Å². The largest absolute Gasteiger partial charge is 0.488 e. The molecule has 4 rings (SSSR count). The summed E-state index contributed by atoms with van der Waals surface area (Å²) in [7, 11) is 0. The van der Waals surface area contributed by atoms with Gasteiger partial charge in [-0.3, -0.25) is 0 Å². The number of anilines is 1. The zero-order valence-electron chi connectivity index (χ0n) is 15.1. The lowest BCUT2D eigenvalue weighted by Gasteiger charge is -2.14. The van der Waals surface area contributed by atoms with Gasteiger partial charge in [0.2, 0.25) is 5.95 Å². The van der Waals surface area contributed by atoms with E-state index >= 15 is 0 Å². The first-order valence-corrected chi connectivity index (χ1v) is 8.81. The maximum Gasteiger partial charge on any atom is 0.416 e. The predicted octanol–water partition coefficient (Wildman–Crippen LogP) is 5.48. The van der Waals surface area contributed by atoms with Gasteiger partial charge in [0.25, 0.3) is 0 Å². The number of fused-ring (bicyclic) bond motifs is 1. The molecule has 7 heteroatoms. The number of ether oxygens (including phenoxy) is 1. The van der Waals surface area contributed by atoms with Crippen molar-refractivity contribution in [3.63, 3.8) is 0 Å². The number of aromatic nitrogens is 2. The minimum Gasteiger partial charge on any atom is -0.488 e. The summed E-state index contributed by atoms with van der Waals surface area (Å²) in [6.45, 7) is 0.306. The highest BCUT2D eigenvalue weighted by Crippen LogP contribution is 2.36. The van der Waals surface area contributed by atoms with Gasteiger partial charge in [-0.2, -0.15) is 13.2 Å². The van der Waals surface area contributed by atoms with Crippen LogP contribution in [0.1, 0.15) is 11.1 Å². The second kappa shape index (κ2) is 7.43. The summed E-state index contributed by atoms with van der Waals surface area (Å²) in [4.78, 5) is 8.20. The monoisotopic (exact) mass is 395 g/mol. The molecule has 0 atom stereocenters. The van der Waals surface area contributed by atoms with Gasteiger partial charge in [0.1, 0.15) is 12.4 Å². The standard InChI is InChI=1S/C22H16F3N3O/c23-22(24,25)17-8-6-15(7-9-17)18-10-16-12-27-21(26)28-19(16)11-20(18)29-13-14-4-2-1-3-5-14/h1-12H,13H2,(H2,26,27,28). The topological polar surface area (TPSA) is 61.0 Å². The first-order valence-electron chi connectivity index (χ1n) is 8.81. The van der Waals surface area contributed by atoms with Crippen LogP contribution in [-0.2, 0) is 12.8 Å². The van der Waals surface area contributed by atoms with Crippen molar-refractivity contribution in [3.05, 3.63) is 84.1 Å². The number of rotatable bonds is 4. The summed E-state index contributed by atoms with van der Waals surface area (Å²) in [5.74, 6) is 0.632. The number of alkyl halides is 3. The minimum absolute atomic E-state index is 0.133. The van der Waals surface area contributed by atoms with Crippen molar-refractivity contribution in [2.45, 2.75) is 12.8 Å². The molecule has 3 aromatic carbocycles. The van der Waals surface area contributed by atoms with E-state index in [4.69, 9.17) is 10.5 Å². The van der Waals surface area contributed by atoms with Crippen LogP contribution in [0.15, 0.2) is 72.9 Å². The minimum atomic E-state index is -4.39. The maximum atomic E-state index is 12.9. The van der Waals surface area contributed by atoms with Crippen LogP contribution in [0.3, 0.4) is 0 Å². The first kappa shape index (κ1) is 18.7. The summed E-state index contributed by atoms with van der Waals surface area (Å²) < 4.78 is 44.7. The van der Waals surface area contributed by atoms with Crippen LogP contribution < -0.4 is 10.5 Å². The molecule has 2 N–H and O–H groups in total. The Balaban J connectivity index is 1.77. The van der Waals surface area contributed by atoms with Crippen LogP contribution in [0.4, 0.5) is 19.1 Å². The molecule has 0 spiro atoms. The molecule has 0 bridgehead atoms. The van der Waals surface area contributed by atoms with Crippen molar-refractivity contribution < 1.29 is 17.9 Å². The van der Waals surface area contributed by atoms with E-state index in [-0.39, 0.29) is 5.95 Å². The highest BCUT2D eigenvalue weighted by atomic mass is 19.4. The molecule has 0 saturated carbocycles. The number of nitrogen functional groups attached to an aromatic ring is 1. The average Bonchev–Trinajstić information content (AvgIpc) is 2.72. The second-order valence-corrected chi connectivity index (χ2v) is 6.48. The van der Waals surface area contributed by atoms with E-state index in [9.17, 15) is 13.2 Å². The molecule has 4 nitrogen and oxygen atoms in total. The van der Waals surface area contributed by atoms with Crippen LogP contribution in [0, 0.1) is 0 Å². The Kier molecular flexibility index (Phi) is 4.80. The Morgan fingerprint density at radius 2 is 1.66 bits per heavy atom. The fourth-order valence-corrected chi connectivity index (χ4v) is 2.99. The molecule has 0 fully saturated rings. The zero-order valence-corrected chi connectivity index (χ0v) is 15.1. The molecule has 4 aromatic rings. The van der Waals surface area contributed by atoms with Gasteiger partial charge in [0.05, 0.1) is 11.1 Å². The number of nitrogens with two attached hydrogens (primary N) is 1. The first-order chi connectivity index (χ1) is 13.9. The average molecular weight is 395 g/mol. The molecule has 0 saturated heterocycles. The quantitative estimate of drug-likeness (QED) is 0.497. The number of halogens is 3. The number of benzene rings is 3. The van der Waals surface area contributed by atoms with Crippen molar-refractivity contribution in [2.24, 2.45) is 0 Å². The molecule has 1 heterocycles. The molecule has 0 aliphatic carbocycles. The summed E-state index contributed by atoms with van der Waals surface area (Å²) in [5, 5.41) is 0.709. The SMILES string of the molecule is Nc1ncc2cc(-c3ccc(C(F)(F)F)cc3)c(OCc3ccccc3)cc2n1. The molecule has 0 aliphatic heterocycles. The lowest BCUT2D eigenvalue weighted by molar-refractivity contribution is -0.137. The molecule has 1 aromatic heterocycles. The molecular weight excluding hydrogens is 379 g/mol. The summed E-state index contributed by atoms with van der Waals surface area (Å²) >= 11 is 0. The van der Waals surface area contributed by atoms with E-state index < -0.39 is 11.7 Å². The van der Waals surface area contributed by atoms with Crippen LogP contribution >= 0.6 is 0 Å². The van der Waals surface area contributed by atoms with E-state index in [0.717, 1.165) is 17.7 Å². The highest BCUT2D eigenvalue weighted by molar-refractivity contribution is 5.88. The van der Waals surface area contributed by atoms with E-state index in [2.05, 4.69) is 9.97 Å². The number of hydrogen-bond acceptors (Lipinski definition) is 4. The lowest BCUT2D eigenvalue weighted by atomic mass is 10.0. The van der Waals surface area contributed by atoms with Crippen molar-refractivity contribution in [2.75, 3.05) is 5.73 Å². The third-order valence-electron chi connectivity index (χ3n) is 4.46.